The van der Waals surface area contributed by atoms with E-state index in [9.17, 15) is 4.79 Å². The summed E-state index contributed by atoms with van der Waals surface area (Å²) in [5, 5.41) is 0. The molecule has 0 amide bonds. The summed E-state index contributed by atoms with van der Waals surface area (Å²) in [5.74, 6) is 1.18. The molecule has 0 aliphatic heterocycles. The van der Waals surface area contributed by atoms with E-state index in [4.69, 9.17) is 19.6 Å². The first kappa shape index (κ1) is 13.2. The third kappa shape index (κ3) is 2.77. The molecule has 2 N–H and O–H groups in total. The Morgan fingerprint density at radius 2 is 2.05 bits per heavy atom. The lowest BCUT2D eigenvalue weighted by Crippen LogP contribution is -2.02. The number of carbonyl (C=O) groups excluding carboxylic acids is 1. The third-order valence-electron chi connectivity index (χ3n) is 2.66. The molecule has 0 aliphatic carbocycles. The van der Waals surface area contributed by atoms with Gasteiger partial charge in [0.15, 0.2) is 5.76 Å². The number of nitrogen functional groups attached to an aromatic ring is 1. The Bertz CT molecular complexity index is 589. The van der Waals surface area contributed by atoms with E-state index >= 15 is 0 Å². The van der Waals surface area contributed by atoms with Gasteiger partial charge in [0.25, 0.3) is 0 Å². The summed E-state index contributed by atoms with van der Waals surface area (Å²) in [6.45, 7) is 0.331. The highest BCUT2D eigenvalue weighted by Crippen LogP contribution is 2.24. The number of nitrogens with two attached hydrogens (primary N) is 1. The van der Waals surface area contributed by atoms with Crippen molar-refractivity contribution in [2.75, 3.05) is 20.0 Å². The molecule has 1 heterocycles. The van der Waals surface area contributed by atoms with Crippen LogP contribution in [0.2, 0.25) is 0 Å². The summed E-state index contributed by atoms with van der Waals surface area (Å²) in [6, 6.07) is 8.21. The molecule has 0 atom stereocenters. The Balaban J connectivity index is 2.25. The van der Waals surface area contributed by atoms with Crippen molar-refractivity contribution >= 4 is 11.5 Å². The number of methoxy groups -OCH3 is 2. The fraction of sp³-hybridized carbons (Fsp3) is 0.214. The molecule has 0 fully saturated rings. The number of ether oxygens (including phenoxy) is 2. The molecular weight excluding hydrogens is 246 g/mol. The molecule has 2 aromatic rings. The number of ketones is 1. The Kier molecular flexibility index (Phi) is 3.87. The highest BCUT2D eigenvalue weighted by atomic mass is 16.5. The molecule has 0 unspecified atom stereocenters. The Morgan fingerprint density at radius 3 is 2.68 bits per heavy atom. The van der Waals surface area contributed by atoms with E-state index in [2.05, 4.69) is 0 Å². The third-order valence-corrected chi connectivity index (χ3v) is 2.66. The first-order valence-electron chi connectivity index (χ1n) is 5.71. The van der Waals surface area contributed by atoms with Crippen LogP contribution in [0, 0.1) is 0 Å². The van der Waals surface area contributed by atoms with Crippen LogP contribution in [0.3, 0.4) is 0 Å². The van der Waals surface area contributed by atoms with Gasteiger partial charge in [0.2, 0.25) is 5.78 Å². The fourth-order valence-electron chi connectivity index (χ4n) is 1.74. The molecule has 0 saturated heterocycles. The summed E-state index contributed by atoms with van der Waals surface area (Å²) < 4.78 is 15.4. The van der Waals surface area contributed by atoms with E-state index in [-0.39, 0.29) is 11.5 Å². The standard InChI is InChI=1S/C14H15NO4/c1-17-8-10-4-6-13(19-10)14(16)9-3-5-12(18-2)11(15)7-9/h3-7H,8,15H2,1-2H3. The minimum Gasteiger partial charge on any atom is -0.495 e. The van der Waals surface area contributed by atoms with Crippen molar-refractivity contribution in [3.63, 3.8) is 0 Å². The number of hydrogen-bond donors (Lipinski definition) is 1. The lowest BCUT2D eigenvalue weighted by atomic mass is 10.1. The first-order chi connectivity index (χ1) is 9.15. The molecule has 5 nitrogen and oxygen atoms in total. The van der Waals surface area contributed by atoms with Gasteiger partial charge in [-0.2, -0.15) is 0 Å². The smallest absolute Gasteiger partial charge is 0.228 e. The second-order valence-corrected chi connectivity index (χ2v) is 3.98. The number of carbonyl (C=O) groups is 1. The summed E-state index contributed by atoms with van der Waals surface area (Å²) in [5.41, 5.74) is 6.64. The Hall–Kier alpha value is -2.27. The number of hydrogen-bond acceptors (Lipinski definition) is 5. The van der Waals surface area contributed by atoms with Crippen LogP contribution in [0.5, 0.6) is 5.75 Å². The van der Waals surface area contributed by atoms with Crippen LogP contribution in [-0.2, 0) is 11.3 Å². The van der Waals surface area contributed by atoms with Gasteiger partial charge in [0, 0.05) is 12.7 Å². The summed E-state index contributed by atoms with van der Waals surface area (Å²) >= 11 is 0. The van der Waals surface area contributed by atoms with Crippen molar-refractivity contribution in [2.24, 2.45) is 0 Å². The van der Waals surface area contributed by atoms with Gasteiger partial charge in [-0.25, -0.2) is 0 Å². The molecule has 2 rings (SSSR count). The average Bonchev–Trinajstić information content (AvgIpc) is 2.87. The van der Waals surface area contributed by atoms with Crippen molar-refractivity contribution in [2.45, 2.75) is 6.61 Å². The topological polar surface area (TPSA) is 74.7 Å². The summed E-state index contributed by atoms with van der Waals surface area (Å²) in [4.78, 5) is 12.2. The zero-order valence-corrected chi connectivity index (χ0v) is 10.8. The highest BCUT2D eigenvalue weighted by Gasteiger charge is 2.15. The summed E-state index contributed by atoms with van der Waals surface area (Å²) in [7, 11) is 3.09. The van der Waals surface area contributed by atoms with Gasteiger partial charge in [0.05, 0.1) is 12.8 Å². The molecule has 0 saturated carbocycles. The molecule has 19 heavy (non-hydrogen) atoms. The quantitative estimate of drug-likeness (QED) is 0.660. The SMILES string of the molecule is COCc1ccc(C(=O)c2ccc(OC)c(N)c2)o1. The molecule has 0 radical (unpaired) electrons. The zero-order chi connectivity index (χ0) is 13.8. The molecule has 1 aromatic carbocycles. The van der Waals surface area contributed by atoms with Crippen LogP contribution in [0.1, 0.15) is 21.9 Å². The molecule has 0 spiro atoms. The van der Waals surface area contributed by atoms with Crippen LogP contribution < -0.4 is 10.5 Å². The Morgan fingerprint density at radius 1 is 1.26 bits per heavy atom. The first-order valence-corrected chi connectivity index (χ1v) is 5.71. The van der Waals surface area contributed by atoms with E-state index in [1.165, 1.54) is 7.11 Å². The van der Waals surface area contributed by atoms with Crippen LogP contribution >= 0.6 is 0 Å². The fourth-order valence-corrected chi connectivity index (χ4v) is 1.74. The minimum atomic E-state index is -0.225. The number of furan rings is 1. The van der Waals surface area contributed by atoms with Crippen LogP contribution in [-0.4, -0.2) is 20.0 Å². The number of anilines is 1. The molecule has 1 aromatic heterocycles. The maximum absolute atomic E-state index is 12.2. The van der Waals surface area contributed by atoms with Crippen molar-refractivity contribution in [3.8, 4) is 5.75 Å². The van der Waals surface area contributed by atoms with Crippen LogP contribution in [0.15, 0.2) is 34.7 Å². The number of rotatable bonds is 5. The van der Waals surface area contributed by atoms with Gasteiger partial charge in [-0.05, 0) is 30.3 Å². The summed E-state index contributed by atoms with van der Waals surface area (Å²) in [6.07, 6.45) is 0. The van der Waals surface area contributed by atoms with E-state index in [0.29, 0.717) is 29.4 Å². The molecule has 100 valence electrons. The van der Waals surface area contributed by atoms with Gasteiger partial charge in [-0.1, -0.05) is 0 Å². The van der Waals surface area contributed by atoms with Gasteiger partial charge < -0.3 is 19.6 Å². The van der Waals surface area contributed by atoms with Gasteiger partial charge in [-0.15, -0.1) is 0 Å². The highest BCUT2D eigenvalue weighted by molar-refractivity contribution is 6.07. The lowest BCUT2D eigenvalue weighted by Gasteiger charge is -2.05. The Labute approximate surface area is 110 Å². The predicted octanol–water partition coefficient (Wildman–Crippen LogP) is 2.25. The van der Waals surface area contributed by atoms with Crippen molar-refractivity contribution in [3.05, 3.63) is 47.4 Å². The average molecular weight is 261 g/mol. The second-order valence-electron chi connectivity index (χ2n) is 3.98. The van der Waals surface area contributed by atoms with Crippen LogP contribution in [0.25, 0.3) is 0 Å². The van der Waals surface area contributed by atoms with E-state index in [1.54, 1.807) is 37.4 Å². The molecule has 5 heteroatoms. The van der Waals surface area contributed by atoms with E-state index in [0.717, 1.165) is 0 Å². The van der Waals surface area contributed by atoms with Crippen molar-refractivity contribution in [1.29, 1.82) is 0 Å². The molecular formula is C14H15NO4. The van der Waals surface area contributed by atoms with Crippen molar-refractivity contribution in [1.82, 2.24) is 0 Å². The van der Waals surface area contributed by atoms with Gasteiger partial charge in [0.1, 0.15) is 18.1 Å². The minimum absolute atomic E-state index is 0.225. The van der Waals surface area contributed by atoms with E-state index in [1.807, 2.05) is 0 Å². The second kappa shape index (κ2) is 5.58. The van der Waals surface area contributed by atoms with Crippen molar-refractivity contribution < 1.29 is 18.7 Å². The molecule has 0 aliphatic rings. The normalized spacial score (nSPS) is 10.4. The number of benzene rings is 1. The maximum atomic E-state index is 12.2. The molecule has 0 bridgehead atoms. The van der Waals surface area contributed by atoms with Gasteiger partial charge in [-0.3, -0.25) is 4.79 Å². The van der Waals surface area contributed by atoms with Crippen LogP contribution in [0.4, 0.5) is 5.69 Å². The largest absolute Gasteiger partial charge is 0.495 e. The van der Waals surface area contributed by atoms with Gasteiger partial charge >= 0.3 is 0 Å². The zero-order valence-electron chi connectivity index (χ0n) is 10.8. The predicted molar refractivity (Wildman–Crippen MR) is 70.3 cm³/mol. The monoisotopic (exact) mass is 261 g/mol. The van der Waals surface area contributed by atoms with E-state index < -0.39 is 0 Å². The lowest BCUT2D eigenvalue weighted by molar-refractivity contribution is 0.1000. The maximum Gasteiger partial charge on any atom is 0.228 e.